The standard InChI is InChI=1S/C14H10Br2FN3O/c1-21-13-3-2-7(15)4-12(13)20-11-6-9(17)8(16)5-10(11)19-14(20)18/h2-6H,1H3,(H2,18,19). The first-order valence-corrected chi connectivity index (χ1v) is 7.56. The molecule has 0 saturated carbocycles. The number of benzene rings is 2. The fraction of sp³-hybridized carbons (Fsp3) is 0.0714. The summed E-state index contributed by atoms with van der Waals surface area (Å²) < 4.78 is 22.1. The lowest BCUT2D eigenvalue weighted by molar-refractivity contribution is 0.413. The summed E-state index contributed by atoms with van der Waals surface area (Å²) in [7, 11) is 1.57. The Balaban J connectivity index is 2.37. The Morgan fingerprint density at radius 3 is 2.71 bits per heavy atom. The molecule has 2 aromatic carbocycles. The van der Waals surface area contributed by atoms with Crippen molar-refractivity contribution in [1.29, 1.82) is 0 Å². The topological polar surface area (TPSA) is 53.1 Å². The summed E-state index contributed by atoms with van der Waals surface area (Å²) in [6.45, 7) is 0. The highest BCUT2D eigenvalue weighted by Crippen LogP contribution is 2.33. The maximum Gasteiger partial charge on any atom is 0.206 e. The average molecular weight is 415 g/mol. The van der Waals surface area contributed by atoms with Crippen LogP contribution >= 0.6 is 31.9 Å². The zero-order chi connectivity index (χ0) is 15.1. The molecule has 1 heterocycles. The molecule has 0 atom stereocenters. The summed E-state index contributed by atoms with van der Waals surface area (Å²) >= 11 is 6.56. The normalized spacial score (nSPS) is 11.0. The van der Waals surface area contributed by atoms with Crippen LogP contribution in [0.3, 0.4) is 0 Å². The molecular weight excluding hydrogens is 405 g/mol. The van der Waals surface area contributed by atoms with Crippen molar-refractivity contribution in [2.24, 2.45) is 0 Å². The van der Waals surface area contributed by atoms with Gasteiger partial charge in [0.15, 0.2) is 0 Å². The summed E-state index contributed by atoms with van der Waals surface area (Å²) in [5.41, 5.74) is 7.86. The van der Waals surface area contributed by atoms with E-state index in [4.69, 9.17) is 10.5 Å². The van der Waals surface area contributed by atoms with Crippen molar-refractivity contribution in [3.63, 3.8) is 0 Å². The summed E-state index contributed by atoms with van der Waals surface area (Å²) in [5, 5.41) is 0. The summed E-state index contributed by atoms with van der Waals surface area (Å²) in [5.74, 6) is 0.504. The smallest absolute Gasteiger partial charge is 0.206 e. The summed E-state index contributed by atoms with van der Waals surface area (Å²) in [4.78, 5) is 4.27. The number of nitrogens with zero attached hydrogens (tertiary/aromatic N) is 2. The van der Waals surface area contributed by atoms with E-state index in [2.05, 4.69) is 36.8 Å². The third kappa shape index (κ3) is 2.40. The van der Waals surface area contributed by atoms with E-state index < -0.39 is 0 Å². The molecule has 3 aromatic rings. The van der Waals surface area contributed by atoms with Crippen molar-refractivity contribution >= 4 is 48.8 Å². The van der Waals surface area contributed by atoms with Crippen LogP contribution in [-0.2, 0) is 0 Å². The molecule has 21 heavy (non-hydrogen) atoms. The second-order valence-electron chi connectivity index (χ2n) is 4.38. The zero-order valence-corrected chi connectivity index (χ0v) is 14.1. The van der Waals surface area contributed by atoms with Crippen LogP contribution in [0, 0.1) is 5.82 Å². The molecule has 2 N–H and O–H groups in total. The Hall–Kier alpha value is -1.60. The molecule has 0 bridgehead atoms. The first-order valence-electron chi connectivity index (χ1n) is 5.98. The molecule has 7 heteroatoms. The lowest BCUT2D eigenvalue weighted by Crippen LogP contribution is -2.03. The highest BCUT2D eigenvalue weighted by atomic mass is 79.9. The van der Waals surface area contributed by atoms with Gasteiger partial charge in [-0.3, -0.25) is 4.57 Å². The first-order chi connectivity index (χ1) is 10.0. The molecule has 0 unspecified atom stereocenters. The number of hydrogen-bond acceptors (Lipinski definition) is 3. The SMILES string of the molecule is COc1ccc(Br)cc1-n1c(N)nc2cc(Br)c(F)cc21. The highest BCUT2D eigenvalue weighted by Gasteiger charge is 2.16. The van der Waals surface area contributed by atoms with E-state index in [0.29, 0.717) is 26.9 Å². The monoisotopic (exact) mass is 413 g/mol. The molecule has 0 fully saturated rings. The van der Waals surface area contributed by atoms with Gasteiger partial charge in [-0.25, -0.2) is 9.37 Å². The van der Waals surface area contributed by atoms with Gasteiger partial charge >= 0.3 is 0 Å². The Morgan fingerprint density at radius 1 is 1.24 bits per heavy atom. The average Bonchev–Trinajstić information content (AvgIpc) is 2.74. The van der Waals surface area contributed by atoms with Gasteiger partial charge in [-0.1, -0.05) is 15.9 Å². The number of halogens is 3. The van der Waals surface area contributed by atoms with Gasteiger partial charge in [-0.05, 0) is 40.2 Å². The van der Waals surface area contributed by atoms with Crippen molar-refractivity contribution in [2.45, 2.75) is 0 Å². The molecule has 1 aromatic heterocycles. The van der Waals surface area contributed by atoms with Gasteiger partial charge < -0.3 is 10.5 Å². The Labute approximate surface area is 137 Å². The molecule has 0 spiro atoms. The molecule has 0 amide bonds. The minimum absolute atomic E-state index is 0.263. The second-order valence-corrected chi connectivity index (χ2v) is 6.15. The fourth-order valence-corrected chi connectivity index (χ4v) is 2.86. The predicted octanol–water partition coefficient (Wildman–Crippen LogP) is 4.28. The number of anilines is 1. The van der Waals surface area contributed by atoms with Crippen molar-refractivity contribution in [1.82, 2.24) is 9.55 Å². The minimum atomic E-state index is -0.377. The van der Waals surface area contributed by atoms with Gasteiger partial charge in [0, 0.05) is 10.5 Å². The van der Waals surface area contributed by atoms with Crippen molar-refractivity contribution in [2.75, 3.05) is 12.8 Å². The molecule has 0 aliphatic rings. The van der Waals surface area contributed by atoms with Crippen LogP contribution < -0.4 is 10.5 Å². The third-order valence-corrected chi connectivity index (χ3v) is 4.21. The summed E-state index contributed by atoms with van der Waals surface area (Å²) in [6.07, 6.45) is 0. The molecule has 108 valence electrons. The van der Waals surface area contributed by atoms with E-state index in [1.165, 1.54) is 6.07 Å². The van der Waals surface area contributed by atoms with E-state index in [9.17, 15) is 4.39 Å². The molecule has 0 aliphatic heterocycles. The largest absolute Gasteiger partial charge is 0.495 e. The highest BCUT2D eigenvalue weighted by molar-refractivity contribution is 9.10. The van der Waals surface area contributed by atoms with Crippen LogP contribution in [0.15, 0.2) is 39.3 Å². The number of methoxy groups -OCH3 is 1. The van der Waals surface area contributed by atoms with Gasteiger partial charge in [0.2, 0.25) is 5.95 Å². The number of fused-ring (bicyclic) bond motifs is 1. The van der Waals surface area contributed by atoms with Gasteiger partial charge in [0.25, 0.3) is 0 Å². The van der Waals surface area contributed by atoms with Crippen LogP contribution in [-0.4, -0.2) is 16.7 Å². The third-order valence-electron chi connectivity index (χ3n) is 3.10. The predicted molar refractivity (Wildman–Crippen MR) is 87.4 cm³/mol. The number of hydrogen-bond donors (Lipinski definition) is 1. The Kier molecular flexibility index (Phi) is 3.62. The molecule has 0 radical (unpaired) electrons. The van der Waals surface area contributed by atoms with Gasteiger partial charge in [0.1, 0.15) is 11.6 Å². The number of imidazole rings is 1. The van der Waals surface area contributed by atoms with Crippen molar-refractivity contribution < 1.29 is 9.13 Å². The van der Waals surface area contributed by atoms with E-state index in [1.807, 2.05) is 12.1 Å². The van der Waals surface area contributed by atoms with E-state index in [1.54, 1.807) is 23.8 Å². The first kappa shape index (κ1) is 14.3. The van der Waals surface area contributed by atoms with E-state index in [-0.39, 0.29) is 11.8 Å². The lowest BCUT2D eigenvalue weighted by Gasteiger charge is -2.12. The number of nitrogens with two attached hydrogens (primary N) is 1. The zero-order valence-electron chi connectivity index (χ0n) is 10.9. The van der Waals surface area contributed by atoms with Crippen LogP contribution in [0.5, 0.6) is 5.75 Å². The van der Waals surface area contributed by atoms with Crippen molar-refractivity contribution in [3.8, 4) is 11.4 Å². The van der Waals surface area contributed by atoms with Gasteiger partial charge in [-0.15, -0.1) is 0 Å². The maximum atomic E-state index is 13.8. The van der Waals surface area contributed by atoms with E-state index in [0.717, 1.165) is 4.47 Å². The van der Waals surface area contributed by atoms with Gasteiger partial charge in [-0.2, -0.15) is 0 Å². The summed E-state index contributed by atoms with van der Waals surface area (Å²) in [6, 6.07) is 8.50. The number of rotatable bonds is 2. The van der Waals surface area contributed by atoms with Crippen LogP contribution in [0.4, 0.5) is 10.3 Å². The Bertz CT molecular complexity index is 848. The Morgan fingerprint density at radius 2 is 2.00 bits per heavy atom. The number of nitrogen functional groups attached to an aromatic ring is 1. The molecular formula is C14H10Br2FN3O. The fourth-order valence-electron chi connectivity index (χ4n) is 2.18. The maximum absolute atomic E-state index is 13.8. The van der Waals surface area contributed by atoms with Crippen LogP contribution in [0.1, 0.15) is 0 Å². The quantitative estimate of drug-likeness (QED) is 0.680. The van der Waals surface area contributed by atoms with Crippen LogP contribution in [0.2, 0.25) is 0 Å². The molecule has 0 saturated heterocycles. The number of aromatic nitrogens is 2. The van der Waals surface area contributed by atoms with Crippen LogP contribution in [0.25, 0.3) is 16.7 Å². The lowest BCUT2D eigenvalue weighted by atomic mass is 10.2. The minimum Gasteiger partial charge on any atom is -0.495 e. The van der Waals surface area contributed by atoms with E-state index >= 15 is 0 Å². The van der Waals surface area contributed by atoms with Gasteiger partial charge in [0.05, 0.1) is 28.3 Å². The van der Waals surface area contributed by atoms with Crippen molar-refractivity contribution in [3.05, 3.63) is 45.1 Å². The number of ether oxygens (including phenoxy) is 1. The molecule has 4 nitrogen and oxygen atoms in total. The second kappa shape index (κ2) is 5.31. The molecule has 0 aliphatic carbocycles. The molecule has 3 rings (SSSR count).